The zero-order valence-corrected chi connectivity index (χ0v) is 9.75. The van der Waals surface area contributed by atoms with Gasteiger partial charge in [-0.1, -0.05) is 0 Å². The van der Waals surface area contributed by atoms with E-state index >= 15 is 0 Å². The molecule has 0 saturated heterocycles. The van der Waals surface area contributed by atoms with Crippen molar-refractivity contribution in [2.45, 2.75) is 13.3 Å². The molecule has 0 aromatic heterocycles. The van der Waals surface area contributed by atoms with Crippen LogP contribution in [0.25, 0.3) is 0 Å². The van der Waals surface area contributed by atoms with Gasteiger partial charge in [0.15, 0.2) is 0 Å². The van der Waals surface area contributed by atoms with Gasteiger partial charge in [0.05, 0.1) is 6.61 Å². The Morgan fingerprint density at radius 1 is 1.43 bits per heavy atom. The summed E-state index contributed by atoms with van der Waals surface area (Å²) in [5.41, 5.74) is 5.25. The molecule has 0 aliphatic heterocycles. The molecule has 0 aromatic carbocycles. The maximum Gasteiger partial charge on any atom is 0.397 e. The topological polar surface area (TPSA) is 92.9 Å². The molecule has 14 heavy (non-hydrogen) atoms. The van der Waals surface area contributed by atoms with E-state index in [1.165, 1.54) is 6.92 Å². The maximum atomic E-state index is 9.56. The summed E-state index contributed by atoms with van der Waals surface area (Å²) in [6.45, 7) is 3.35. The first-order valence-corrected chi connectivity index (χ1v) is 5.66. The van der Waals surface area contributed by atoms with Gasteiger partial charge in [-0.15, -0.1) is 0 Å². The van der Waals surface area contributed by atoms with Crippen molar-refractivity contribution in [1.29, 1.82) is 0 Å². The molecule has 0 heterocycles. The van der Waals surface area contributed by atoms with Crippen LogP contribution in [0.15, 0.2) is 0 Å². The molecule has 0 aliphatic carbocycles. The molecule has 0 amide bonds. The van der Waals surface area contributed by atoms with Crippen molar-refractivity contribution in [3.63, 3.8) is 0 Å². The van der Waals surface area contributed by atoms with Crippen molar-refractivity contribution in [1.82, 2.24) is 4.90 Å². The van der Waals surface area contributed by atoms with E-state index in [9.17, 15) is 8.42 Å². The van der Waals surface area contributed by atoms with E-state index in [0.717, 1.165) is 19.5 Å². The summed E-state index contributed by atoms with van der Waals surface area (Å²) in [5.74, 6) is 0. The van der Waals surface area contributed by atoms with E-state index in [0.29, 0.717) is 0 Å². The highest BCUT2D eigenvalue weighted by Crippen LogP contribution is 1.81. The van der Waals surface area contributed by atoms with Crippen molar-refractivity contribution in [2.24, 2.45) is 5.73 Å². The molecule has 0 saturated carbocycles. The third-order valence-corrected chi connectivity index (χ3v) is 1.61. The number of hydrogen-bond acceptors (Lipinski definition) is 5. The van der Waals surface area contributed by atoms with Gasteiger partial charge in [0.1, 0.15) is 0 Å². The van der Waals surface area contributed by atoms with Crippen LogP contribution in [-0.4, -0.2) is 51.7 Å². The van der Waals surface area contributed by atoms with Gasteiger partial charge in [-0.05, 0) is 40.5 Å². The van der Waals surface area contributed by atoms with Gasteiger partial charge < -0.3 is 10.6 Å². The number of nitrogens with zero attached hydrogens (tertiary/aromatic N) is 1. The Bertz CT molecular complexity index is 204. The van der Waals surface area contributed by atoms with Gasteiger partial charge in [0.2, 0.25) is 0 Å². The van der Waals surface area contributed by atoms with Crippen LogP contribution in [0.1, 0.15) is 13.3 Å². The average Bonchev–Trinajstić information content (AvgIpc) is 1.99. The highest BCUT2D eigenvalue weighted by Gasteiger charge is 1.98. The molecule has 0 spiro atoms. The maximum absolute atomic E-state index is 9.56. The van der Waals surface area contributed by atoms with E-state index in [1.807, 2.05) is 0 Å². The molecule has 0 fully saturated rings. The lowest BCUT2D eigenvalue weighted by molar-refractivity contribution is 0.283. The molecule has 0 unspecified atom stereocenters. The molecule has 0 aromatic rings. The Morgan fingerprint density at radius 3 is 2.00 bits per heavy atom. The summed E-state index contributed by atoms with van der Waals surface area (Å²) >= 11 is 0. The Labute approximate surface area is 86.0 Å². The molecule has 6 nitrogen and oxygen atoms in total. The van der Waals surface area contributed by atoms with Crippen LogP contribution in [-0.2, 0) is 14.6 Å². The average molecular weight is 228 g/mol. The summed E-state index contributed by atoms with van der Waals surface area (Å²) in [4.78, 5) is 2.13. The lowest BCUT2D eigenvalue weighted by atomic mass is 10.4. The lowest BCUT2D eigenvalue weighted by Crippen LogP contribution is -2.16. The first-order chi connectivity index (χ1) is 6.33. The first kappa shape index (κ1) is 16.2. The second kappa shape index (κ2) is 9.35. The fraction of sp³-hybridized carbons (Fsp3) is 1.00. The molecule has 0 atom stereocenters. The summed E-state index contributed by atoms with van der Waals surface area (Å²) in [7, 11) is -0.0717. The fourth-order valence-corrected chi connectivity index (χ4v) is 0.854. The van der Waals surface area contributed by atoms with Crippen LogP contribution in [0.3, 0.4) is 0 Å². The van der Waals surface area contributed by atoms with Gasteiger partial charge in [-0.3, -0.25) is 4.55 Å². The molecule has 0 aliphatic rings. The standard InChI is InChI=1S/C5H14N2.C2H6O4S/c1-7(2)5-3-4-6;1-2-6-7(3,4)5/h3-6H2,1-2H3;2H2,1H3,(H,3,4,5). The molecule has 3 N–H and O–H groups in total. The molecule has 0 bridgehead atoms. The SMILES string of the molecule is CCOS(=O)(=O)O.CN(C)CCCN. The van der Waals surface area contributed by atoms with Gasteiger partial charge in [-0.2, -0.15) is 8.42 Å². The van der Waals surface area contributed by atoms with Gasteiger partial charge in [0, 0.05) is 0 Å². The van der Waals surface area contributed by atoms with E-state index < -0.39 is 10.4 Å². The molecule has 0 rings (SSSR count). The van der Waals surface area contributed by atoms with Crippen LogP contribution in [0.5, 0.6) is 0 Å². The van der Waals surface area contributed by atoms with Crippen LogP contribution >= 0.6 is 0 Å². The minimum Gasteiger partial charge on any atom is -0.330 e. The molecule has 0 radical (unpaired) electrons. The smallest absolute Gasteiger partial charge is 0.330 e. The largest absolute Gasteiger partial charge is 0.397 e. The second-order valence-electron chi connectivity index (χ2n) is 2.78. The normalized spacial score (nSPS) is 11.0. The molecule has 88 valence electrons. The van der Waals surface area contributed by atoms with Crippen LogP contribution in [0.2, 0.25) is 0 Å². The number of rotatable bonds is 5. The van der Waals surface area contributed by atoms with E-state index in [4.69, 9.17) is 10.3 Å². The first-order valence-electron chi connectivity index (χ1n) is 4.30. The van der Waals surface area contributed by atoms with E-state index in [-0.39, 0.29) is 6.61 Å². The zero-order chi connectivity index (χ0) is 11.6. The third-order valence-electron chi connectivity index (χ3n) is 1.08. The highest BCUT2D eigenvalue weighted by atomic mass is 32.3. The van der Waals surface area contributed by atoms with Crippen LogP contribution < -0.4 is 5.73 Å². The Hall–Kier alpha value is -0.210. The lowest BCUT2D eigenvalue weighted by Gasteiger charge is -2.05. The summed E-state index contributed by atoms with van der Waals surface area (Å²) in [5, 5.41) is 0. The van der Waals surface area contributed by atoms with Gasteiger partial charge in [-0.25, -0.2) is 4.18 Å². The minimum atomic E-state index is -4.17. The third kappa shape index (κ3) is 22.6. The molecule has 7 heteroatoms. The van der Waals surface area contributed by atoms with E-state index in [2.05, 4.69) is 23.2 Å². The van der Waals surface area contributed by atoms with Crippen molar-refractivity contribution in [2.75, 3.05) is 33.8 Å². The summed E-state index contributed by atoms with van der Waals surface area (Å²) in [6.07, 6.45) is 1.10. The summed E-state index contributed by atoms with van der Waals surface area (Å²) in [6, 6.07) is 0. The minimum absolute atomic E-state index is 0.0289. The Balaban J connectivity index is 0. The fourth-order valence-electron chi connectivity index (χ4n) is 0.556. The number of nitrogens with two attached hydrogens (primary N) is 1. The monoisotopic (exact) mass is 228 g/mol. The zero-order valence-electron chi connectivity index (χ0n) is 8.93. The highest BCUT2D eigenvalue weighted by molar-refractivity contribution is 7.80. The predicted molar refractivity (Wildman–Crippen MR) is 55.4 cm³/mol. The molecular weight excluding hydrogens is 208 g/mol. The van der Waals surface area contributed by atoms with Crippen molar-refractivity contribution >= 4 is 10.4 Å². The Morgan fingerprint density at radius 2 is 1.93 bits per heavy atom. The van der Waals surface area contributed by atoms with Gasteiger partial charge >= 0.3 is 10.4 Å². The van der Waals surface area contributed by atoms with Crippen molar-refractivity contribution in [3.05, 3.63) is 0 Å². The van der Waals surface area contributed by atoms with Crippen LogP contribution in [0.4, 0.5) is 0 Å². The van der Waals surface area contributed by atoms with Gasteiger partial charge in [0.25, 0.3) is 0 Å². The summed E-state index contributed by atoms with van der Waals surface area (Å²) < 4.78 is 30.7. The number of hydrogen-bond donors (Lipinski definition) is 2. The Kier molecular flexibility index (Phi) is 10.8. The second-order valence-corrected chi connectivity index (χ2v) is 3.87. The van der Waals surface area contributed by atoms with E-state index in [1.54, 1.807) is 0 Å². The predicted octanol–water partition coefficient (Wildman–Crippen LogP) is -0.277. The van der Waals surface area contributed by atoms with Crippen LogP contribution in [0, 0.1) is 0 Å². The van der Waals surface area contributed by atoms with Crippen molar-refractivity contribution < 1.29 is 17.2 Å². The quantitative estimate of drug-likeness (QED) is 0.629. The van der Waals surface area contributed by atoms with Crippen molar-refractivity contribution in [3.8, 4) is 0 Å². The molecular formula is C7H20N2O4S.